The molecule has 2 fully saturated rings. The van der Waals surface area contributed by atoms with Gasteiger partial charge in [0.25, 0.3) is 5.91 Å². The minimum Gasteiger partial charge on any atom is -0.393 e. The highest BCUT2D eigenvalue weighted by Gasteiger charge is 2.42. The predicted molar refractivity (Wildman–Crippen MR) is 97.0 cm³/mol. The zero-order chi connectivity index (χ0) is 17.9. The molecule has 2 aliphatic rings. The number of benzene rings is 1. The maximum absolute atomic E-state index is 12.9. The molecule has 1 aromatic rings. The van der Waals surface area contributed by atoms with Gasteiger partial charge >= 0.3 is 0 Å². The quantitative estimate of drug-likeness (QED) is 0.759. The predicted octanol–water partition coefficient (Wildman–Crippen LogP) is 1.74. The zero-order valence-corrected chi connectivity index (χ0v) is 15.1. The van der Waals surface area contributed by atoms with Crippen LogP contribution in [0.2, 0.25) is 0 Å². The lowest BCUT2D eigenvalue weighted by Gasteiger charge is -2.39. The van der Waals surface area contributed by atoms with Crippen LogP contribution in [0, 0.1) is 6.92 Å². The highest BCUT2D eigenvalue weighted by Crippen LogP contribution is 2.25. The van der Waals surface area contributed by atoms with Gasteiger partial charge in [-0.1, -0.05) is 29.8 Å². The van der Waals surface area contributed by atoms with Crippen LogP contribution in [0.25, 0.3) is 0 Å². The van der Waals surface area contributed by atoms with Crippen LogP contribution >= 0.6 is 0 Å². The molecule has 0 spiro atoms. The number of aryl methyl sites for hydroxylation is 1. The summed E-state index contributed by atoms with van der Waals surface area (Å²) in [5, 5.41) is 23.9. The second-order valence-corrected chi connectivity index (χ2v) is 7.74. The molecule has 5 nitrogen and oxygen atoms in total. The highest BCUT2D eigenvalue weighted by molar-refractivity contribution is 5.86. The van der Waals surface area contributed by atoms with Crippen molar-refractivity contribution in [2.45, 2.75) is 69.7 Å². The zero-order valence-electron chi connectivity index (χ0n) is 15.1. The Morgan fingerprint density at radius 3 is 2.76 bits per heavy atom. The number of piperidine rings is 1. The van der Waals surface area contributed by atoms with Gasteiger partial charge in [0.15, 0.2) is 5.60 Å². The van der Waals surface area contributed by atoms with Crippen molar-refractivity contribution < 1.29 is 15.0 Å². The Kier molecular flexibility index (Phi) is 5.77. The Balaban J connectivity index is 1.58. The number of nitrogens with one attached hydrogen (secondary N) is 1. The van der Waals surface area contributed by atoms with E-state index in [0.717, 1.165) is 37.7 Å². The molecule has 1 saturated carbocycles. The van der Waals surface area contributed by atoms with Gasteiger partial charge in [0, 0.05) is 25.7 Å². The molecule has 0 aromatic heterocycles. The van der Waals surface area contributed by atoms with E-state index in [0.29, 0.717) is 26.1 Å². The van der Waals surface area contributed by atoms with E-state index in [9.17, 15) is 15.0 Å². The second-order valence-electron chi connectivity index (χ2n) is 7.74. The summed E-state index contributed by atoms with van der Waals surface area (Å²) in [6, 6.07) is 8.45. The summed E-state index contributed by atoms with van der Waals surface area (Å²) >= 11 is 0. The summed E-state index contributed by atoms with van der Waals surface area (Å²) < 4.78 is 0. The molecule has 1 atom stereocenters. The largest absolute Gasteiger partial charge is 0.393 e. The summed E-state index contributed by atoms with van der Waals surface area (Å²) in [5.41, 5.74) is 0.975. The molecule has 1 aliphatic carbocycles. The maximum atomic E-state index is 12.9. The molecule has 5 heteroatoms. The van der Waals surface area contributed by atoms with Crippen LogP contribution in [0.4, 0.5) is 0 Å². The number of hydrogen-bond donors (Lipinski definition) is 3. The molecule has 1 saturated heterocycles. The molecule has 1 unspecified atom stereocenters. The van der Waals surface area contributed by atoms with E-state index in [-0.39, 0.29) is 18.1 Å². The number of aliphatic hydroxyl groups is 2. The molecule has 1 heterocycles. The Labute approximate surface area is 150 Å². The van der Waals surface area contributed by atoms with Crippen molar-refractivity contribution in [1.29, 1.82) is 0 Å². The summed E-state index contributed by atoms with van der Waals surface area (Å²) in [6.07, 6.45) is 4.53. The van der Waals surface area contributed by atoms with Crippen molar-refractivity contribution in [3.63, 3.8) is 0 Å². The van der Waals surface area contributed by atoms with Gasteiger partial charge in [-0.25, -0.2) is 0 Å². The first-order valence-electron chi connectivity index (χ1n) is 9.45. The van der Waals surface area contributed by atoms with Crippen LogP contribution in [0.5, 0.6) is 0 Å². The monoisotopic (exact) mass is 346 g/mol. The Bertz CT molecular complexity index is 598. The highest BCUT2D eigenvalue weighted by atomic mass is 16.3. The van der Waals surface area contributed by atoms with Crippen molar-refractivity contribution in [3.8, 4) is 0 Å². The van der Waals surface area contributed by atoms with E-state index >= 15 is 0 Å². The average molecular weight is 346 g/mol. The first-order chi connectivity index (χ1) is 12.0. The average Bonchev–Trinajstić information content (AvgIpc) is 2.59. The molecule has 3 N–H and O–H groups in total. The van der Waals surface area contributed by atoms with Crippen LogP contribution in [0.1, 0.15) is 49.7 Å². The van der Waals surface area contributed by atoms with Gasteiger partial charge < -0.3 is 20.4 Å². The van der Waals surface area contributed by atoms with Crippen LogP contribution < -0.4 is 5.32 Å². The minimum atomic E-state index is -1.31. The fourth-order valence-electron chi connectivity index (χ4n) is 4.00. The van der Waals surface area contributed by atoms with Crippen molar-refractivity contribution >= 4 is 5.91 Å². The number of carbonyl (C=O) groups is 1. The normalized spacial score (nSPS) is 30.5. The second kappa shape index (κ2) is 7.85. The molecule has 1 aromatic carbocycles. The summed E-state index contributed by atoms with van der Waals surface area (Å²) in [6.45, 7) is 3.60. The standard InChI is InChI=1S/C20H30N2O3/c1-15-4-2-5-16(12-15)13-22-11-3-10-20(25,19(22)24)14-21-17-6-8-18(23)9-7-17/h2,4-5,12,17-18,21,23,25H,3,6-11,13-14H2,1H3. The number of aliphatic hydroxyl groups excluding tert-OH is 1. The van der Waals surface area contributed by atoms with Crippen molar-refractivity contribution in [2.24, 2.45) is 0 Å². The Morgan fingerprint density at radius 1 is 1.28 bits per heavy atom. The van der Waals surface area contributed by atoms with Gasteiger partial charge in [0.1, 0.15) is 0 Å². The molecule has 3 rings (SSSR count). The number of likely N-dealkylation sites (tertiary alicyclic amines) is 1. The number of nitrogens with zero attached hydrogens (tertiary/aromatic N) is 1. The Morgan fingerprint density at radius 2 is 2.04 bits per heavy atom. The van der Waals surface area contributed by atoms with E-state index < -0.39 is 5.60 Å². The number of hydrogen-bond acceptors (Lipinski definition) is 4. The van der Waals surface area contributed by atoms with Crippen molar-refractivity contribution in [2.75, 3.05) is 13.1 Å². The molecule has 0 radical (unpaired) electrons. The first kappa shape index (κ1) is 18.4. The van der Waals surface area contributed by atoms with Gasteiger partial charge in [-0.15, -0.1) is 0 Å². The fraction of sp³-hybridized carbons (Fsp3) is 0.650. The van der Waals surface area contributed by atoms with Crippen molar-refractivity contribution in [3.05, 3.63) is 35.4 Å². The van der Waals surface area contributed by atoms with Gasteiger partial charge in [-0.3, -0.25) is 4.79 Å². The maximum Gasteiger partial charge on any atom is 0.256 e. The molecular formula is C20H30N2O3. The molecule has 25 heavy (non-hydrogen) atoms. The van der Waals surface area contributed by atoms with Crippen LogP contribution in [0.3, 0.4) is 0 Å². The van der Waals surface area contributed by atoms with Gasteiger partial charge in [0.2, 0.25) is 0 Å². The SMILES string of the molecule is Cc1cccc(CN2CCCC(O)(CNC3CCC(O)CC3)C2=O)c1. The molecule has 1 aliphatic heterocycles. The van der Waals surface area contributed by atoms with E-state index in [1.807, 2.05) is 25.1 Å². The lowest BCUT2D eigenvalue weighted by atomic mass is 9.89. The smallest absolute Gasteiger partial charge is 0.256 e. The van der Waals surface area contributed by atoms with E-state index in [4.69, 9.17) is 0 Å². The summed E-state index contributed by atoms with van der Waals surface area (Å²) in [5.74, 6) is -0.163. The van der Waals surface area contributed by atoms with Crippen molar-refractivity contribution in [1.82, 2.24) is 10.2 Å². The molecule has 138 valence electrons. The summed E-state index contributed by atoms with van der Waals surface area (Å²) in [7, 11) is 0. The number of rotatable bonds is 5. The fourth-order valence-corrected chi connectivity index (χ4v) is 4.00. The van der Waals surface area contributed by atoms with Crippen LogP contribution in [-0.2, 0) is 11.3 Å². The number of carbonyl (C=O) groups excluding carboxylic acids is 1. The molecule has 1 amide bonds. The Hall–Kier alpha value is -1.43. The topological polar surface area (TPSA) is 72.8 Å². The molecule has 0 bridgehead atoms. The van der Waals surface area contributed by atoms with Crippen LogP contribution in [-0.4, -0.2) is 51.9 Å². The third-order valence-electron chi connectivity index (χ3n) is 5.54. The lowest BCUT2D eigenvalue weighted by Crippen LogP contribution is -2.58. The minimum absolute atomic E-state index is 0.163. The third kappa shape index (κ3) is 4.60. The first-order valence-corrected chi connectivity index (χ1v) is 9.45. The number of amides is 1. The van der Waals surface area contributed by atoms with Gasteiger partial charge in [-0.2, -0.15) is 0 Å². The van der Waals surface area contributed by atoms with E-state index in [2.05, 4.69) is 11.4 Å². The van der Waals surface area contributed by atoms with Gasteiger partial charge in [0.05, 0.1) is 6.10 Å². The van der Waals surface area contributed by atoms with E-state index in [1.165, 1.54) is 5.56 Å². The third-order valence-corrected chi connectivity index (χ3v) is 5.54. The van der Waals surface area contributed by atoms with Crippen LogP contribution in [0.15, 0.2) is 24.3 Å². The van der Waals surface area contributed by atoms with E-state index in [1.54, 1.807) is 4.90 Å². The van der Waals surface area contributed by atoms with Gasteiger partial charge in [-0.05, 0) is 51.0 Å². The molecular weight excluding hydrogens is 316 g/mol. The lowest BCUT2D eigenvalue weighted by molar-refractivity contribution is -0.157. The summed E-state index contributed by atoms with van der Waals surface area (Å²) in [4.78, 5) is 14.6.